The zero-order valence-corrected chi connectivity index (χ0v) is 12.7. The Bertz CT molecular complexity index is 733. The van der Waals surface area contributed by atoms with Gasteiger partial charge in [0, 0.05) is 21.5 Å². The second kappa shape index (κ2) is 5.62. The van der Waals surface area contributed by atoms with Crippen molar-refractivity contribution in [3.05, 3.63) is 69.7 Å². The molecular formula is C15H12IN3O. The molecule has 2 aromatic heterocycles. The van der Waals surface area contributed by atoms with Crippen molar-refractivity contribution in [3.8, 4) is 0 Å². The molecule has 0 aliphatic rings. The fourth-order valence-electron chi connectivity index (χ4n) is 1.97. The summed E-state index contributed by atoms with van der Waals surface area (Å²) in [4.78, 5) is 16.5. The normalized spacial score (nSPS) is 10.7. The first-order valence-electron chi connectivity index (χ1n) is 6.19. The number of nitrogens with one attached hydrogen (secondary N) is 1. The molecule has 0 atom stereocenters. The molecule has 0 aliphatic heterocycles. The minimum absolute atomic E-state index is 0.0828. The molecular weight excluding hydrogens is 365 g/mol. The van der Waals surface area contributed by atoms with Crippen LogP contribution in [0.1, 0.15) is 16.1 Å². The lowest BCUT2D eigenvalue weighted by molar-refractivity contribution is 0.0950. The third kappa shape index (κ3) is 2.82. The predicted octanol–water partition coefficient (Wildman–Crippen LogP) is 2.87. The summed E-state index contributed by atoms with van der Waals surface area (Å²) in [7, 11) is 0. The van der Waals surface area contributed by atoms with Gasteiger partial charge in [0.2, 0.25) is 0 Å². The van der Waals surface area contributed by atoms with Crippen molar-refractivity contribution in [2.45, 2.75) is 6.54 Å². The summed E-state index contributed by atoms with van der Waals surface area (Å²) in [6, 6.07) is 13.3. The van der Waals surface area contributed by atoms with E-state index in [1.54, 1.807) is 6.07 Å². The number of imidazole rings is 1. The number of hydrogen-bond donors (Lipinski definition) is 1. The third-order valence-electron chi connectivity index (χ3n) is 2.93. The Morgan fingerprint density at radius 2 is 2.15 bits per heavy atom. The molecule has 1 N–H and O–H groups in total. The molecule has 0 saturated heterocycles. The summed E-state index contributed by atoms with van der Waals surface area (Å²) in [6.07, 6.45) is 3.86. The quantitative estimate of drug-likeness (QED) is 0.714. The second-order valence-electron chi connectivity index (χ2n) is 4.39. The molecule has 1 amide bonds. The lowest BCUT2D eigenvalue weighted by Crippen LogP contribution is -2.22. The molecule has 2 heterocycles. The van der Waals surface area contributed by atoms with Crippen LogP contribution in [0.15, 0.2) is 54.9 Å². The number of nitrogens with zero attached hydrogens (tertiary/aromatic N) is 2. The molecule has 0 spiro atoms. The number of carbonyl (C=O) groups is 1. The largest absolute Gasteiger partial charge is 0.346 e. The summed E-state index contributed by atoms with van der Waals surface area (Å²) in [5.41, 5.74) is 2.39. The first kappa shape index (κ1) is 13.1. The van der Waals surface area contributed by atoms with Crippen LogP contribution in [-0.4, -0.2) is 15.3 Å². The molecule has 4 nitrogen and oxygen atoms in total. The summed E-state index contributed by atoms with van der Waals surface area (Å²) >= 11 is 2.19. The Balaban J connectivity index is 1.71. The van der Waals surface area contributed by atoms with Crippen LogP contribution < -0.4 is 5.32 Å². The standard InChI is InChI=1S/C15H12IN3O/c16-12-5-3-4-11(8-12)15(20)17-9-13-10-19-7-2-1-6-14(19)18-13/h1-8,10H,9H2,(H,17,20). The highest BCUT2D eigenvalue weighted by atomic mass is 127. The molecule has 0 aliphatic carbocycles. The molecule has 3 rings (SSSR count). The van der Waals surface area contributed by atoms with Crippen LogP contribution in [-0.2, 0) is 6.54 Å². The van der Waals surface area contributed by atoms with Crippen LogP contribution in [0, 0.1) is 3.57 Å². The smallest absolute Gasteiger partial charge is 0.251 e. The first-order chi connectivity index (χ1) is 9.72. The Morgan fingerprint density at radius 3 is 2.95 bits per heavy atom. The van der Waals surface area contributed by atoms with Gasteiger partial charge in [0.25, 0.3) is 5.91 Å². The highest BCUT2D eigenvalue weighted by Gasteiger charge is 2.07. The van der Waals surface area contributed by atoms with Crippen molar-refractivity contribution in [1.82, 2.24) is 14.7 Å². The fraction of sp³-hybridized carbons (Fsp3) is 0.0667. The van der Waals surface area contributed by atoms with Crippen molar-refractivity contribution in [2.24, 2.45) is 0 Å². The summed E-state index contributed by atoms with van der Waals surface area (Å²) in [5.74, 6) is -0.0828. The van der Waals surface area contributed by atoms with E-state index in [2.05, 4.69) is 32.9 Å². The average Bonchev–Trinajstić information content (AvgIpc) is 2.87. The van der Waals surface area contributed by atoms with Gasteiger partial charge in [-0.05, 0) is 52.9 Å². The van der Waals surface area contributed by atoms with Gasteiger partial charge < -0.3 is 9.72 Å². The van der Waals surface area contributed by atoms with Crippen LogP contribution >= 0.6 is 22.6 Å². The maximum absolute atomic E-state index is 12.0. The molecule has 0 fully saturated rings. The number of halogens is 1. The van der Waals surface area contributed by atoms with E-state index in [0.717, 1.165) is 14.9 Å². The van der Waals surface area contributed by atoms with Crippen molar-refractivity contribution in [3.63, 3.8) is 0 Å². The number of amides is 1. The van der Waals surface area contributed by atoms with E-state index in [4.69, 9.17) is 0 Å². The van der Waals surface area contributed by atoms with Crippen molar-refractivity contribution >= 4 is 34.1 Å². The summed E-state index contributed by atoms with van der Waals surface area (Å²) in [6.45, 7) is 0.423. The lowest BCUT2D eigenvalue weighted by atomic mass is 10.2. The van der Waals surface area contributed by atoms with Crippen LogP contribution in [0.3, 0.4) is 0 Å². The molecule has 5 heteroatoms. The Hall–Kier alpha value is -1.89. The Kier molecular flexibility index (Phi) is 3.68. The van der Waals surface area contributed by atoms with Crippen LogP contribution in [0.25, 0.3) is 5.65 Å². The van der Waals surface area contributed by atoms with Crippen LogP contribution in [0.2, 0.25) is 0 Å². The van der Waals surface area contributed by atoms with E-state index in [-0.39, 0.29) is 5.91 Å². The fourth-order valence-corrected chi connectivity index (χ4v) is 2.52. The number of aromatic nitrogens is 2. The number of hydrogen-bond acceptors (Lipinski definition) is 2. The number of fused-ring (bicyclic) bond motifs is 1. The van der Waals surface area contributed by atoms with Crippen LogP contribution in [0.5, 0.6) is 0 Å². The second-order valence-corrected chi connectivity index (χ2v) is 5.64. The lowest BCUT2D eigenvalue weighted by Gasteiger charge is -2.03. The Morgan fingerprint density at radius 1 is 1.25 bits per heavy atom. The van der Waals surface area contributed by atoms with Crippen molar-refractivity contribution in [2.75, 3.05) is 0 Å². The van der Waals surface area contributed by atoms with Gasteiger partial charge in [-0.25, -0.2) is 4.98 Å². The average molecular weight is 377 g/mol. The predicted molar refractivity (Wildman–Crippen MR) is 85.5 cm³/mol. The van der Waals surface area contributed by atoms with E-state index in [1.807, 2.05) is 53.2 Å². The van der Waals surface area contributed by atoms with Gasteiger partial charge in [0.1, 0.15) is 5.65 Å². The highest BCUT2D eigenvalue weighted by Crippen LogP contribution is 2.08. The molecule has 0 unspecified atom stereocenters. The molecule has 0 saturated carbocycles. The highest BCUT2D eigenvalue weighted by molar-refractivity contribution is 14.1. The van der Waals surface area contributed by atoms with Gasteiger partial charge in [-0.2, -0.15) is 0 Å². The van der Waals surface area contributed by atoms with E-state index in [0.29, 0.717) is 12.1 Å². The molecule has 0 radical (unpaired) electrons. The van der Waals surface area contributed by atoms with Gasteiger partial charge in [-0.15, -0.1) is 0 Å². The van der Waals surface area contributed by atoms with E-state index in [1.165, 1.54) is 0 Å². The van der Waals surface area contributed by atoms with Crippen molar-refractivity contribution in [1.29, 1.82) is 0 Å². The van der Waals surface area contributed by atoms with E-state index >= 15 is 0 Å². The Labute approximate surface area is 130 Å². The van der Waals surface area contributed by atoms with E-state index < -0.39 is 0 Å². The molecule has 1 aromatic carbocycles. The maximum atomic E-state index is 12.0. The number of rotatable bonds is 3. The number of pyridine rings is 1. The number of benzene rings is 1. The molecule has 0 bridgehead atoms. The zero-order valence-electron chi connectivity index (χ0n) is 10.6. The van der Waals surface area contributed by atoms with Crippen molar-refractivity contribution < 1.29 is 4.79 Å². The summed E-state index contributed by atoms with van der Waals surface area (Å²) < 4.78 is 2.98. The third-order valence-corrected chi connectivity index (χ3v) is 3.60. The summed E-state index contributed by atoms with van der Waals surface area (Å²) in [5, 5.41) is 2.89. The molecule has 100 valence electrons. The van der Waals surface area contributed by atoms with Gasteiger partial charge in [-0.1, -0.05) is 12.1 Å². The van der Waals surface area contributed by atoms with Gasteiger partial charge >= 0.3 is 0 Å². The van der Waals surface area contributed by atoms with Crippen LogP contribution in [0.4, 0.5) is 0 Å². The first-order valence-corrected chi connectivity index (χ1v) is 7.26. The van der Waals surface area contributed by atoms with Gasteiger partial charge in [0.05, 0.1) is 12.2 Å². The zero-order chi connectivity index (χ0) is 13.9. The maximum Gasteiger partial charge on any atom is 0.251 e. The molecule has 3 aromatic rings. The van der Waals surface area contributed by atoms with Gasteiger partial charge in [0.15, 0.2) is 0 Å². The monoisotopic (exact) mass is 377 g/mol. The van der Waals surface area contributed by atoms with Gasteiger partial charge in [-0.3, -0.25) is 4.79 Å². The number of carbonyl (C=O) groups excluding carboxylic acids is 1. The van der Waals surface area contributed by atoms with E-state index in [9.17, 15) is 4.79 Å². The molecule has 20 heavy (non-hydrogen) atoms. The minimum atomic E-state index is -0.0828. The topological polar surface area (TPSA) is 46.4 Å². The minimum Gasteiger partial charge on any atom is -0.346 e. The SMILES string of the molecule is O=C(NCc1cn2ccccc2n1)c1cccc(I)c1.